The summed E-state index contributed by atoms with van der Waals surface area (Å²) in [4.78, 5) is 0. The van der Waals surface area contributed by atoms with Crippen molar-refractivity contribution in [2.45, 2.75) is 52.6 Å². The first kappa shape index (κ1) is 11.2. The van der Waals surface area contributed by atoms with Gasteiger partial charge in [-0.25, -0.2) is 4.68 Å². The normalized spacial score (nSPS) is 10.8. The molecule has 80 valence electrons. The number of nitrogens with zero attached hydrogens (tertiary/aromatic N) is 3. The molecule has 0 saturated carbocycles. The molecule has 0 spiro atoms. The first-order valence-corrected chi connectivity index (χ1v) is 5.44. The van der Waals surface area contributed by atoms with Crippen molar-refractivity contribution < 1.29 is 0 Å². The van der Waals surface area contributed by atoms with Gasteiger partial charge in [0.2, 0.25) is 0 Å². The molecule has 0 atom stereocenters. The third-order valence-corrected chi connectivity index (χ3v) is 2.31. The zero-order valence-corrected chi connectivity index (χ0v) is 9.16. The Kier molecular flexibility index (Phi) is 4.59. The van der Waals surface area contributed by atoms with Crippen LogP contribution in [0.15, 0.2) is 0 Å². The van der Waals surface area contributed by atoms with Gasteiger partial charge in [-0.3, -0.25) is 0 Å². The lowest BCUT2D eigenvalue weighted by molar-refractivity contribution is 0.548. The second-order valence-corrected chi connectivity index (χ2v) is 3.51. The smallest absolute Gasteiger partial charge is 0.0994 e. The van der Waals surface area contributed by atoms with Crippen molar-refractivity contribution in [1.29, 1.82) is 0 Å². The molecule has 1 rings (SSSR count). The van der Waals surface area contributed by atoms with Crippen LogP contribution in [-0.2, 0) is 19.5 Å². The molecule has 2 N–H and O–H groups in total. The van der Waals surface area contributed by atoms with E-state index >= 15 is 0 Å². The number of aryl methyl sites for hydroxylation is 1. The second-order valence-electron chi connectivity index (χ2n) is 3.51. The number of unbranched alkanes of at least 4 members (excludes halogenated alkanes) is 1. The summed E-state index contributed by atoms with van der Waals surface area (Å²) in [5.41, 5.74) is 7.81. The van der Waals surface area contributed by atoms with Crippen LogP contribution in [0.2, 0.25) is 0 Å². The molecule has 0 unspecified atom stereocenters. The SMILES string of the molecule is CCCCc1c(CN)nnn1CCC. The first-order chi connectivity index (χ1) is 6.83. The van der Waals surface area contributed by atoms with Gasteiger partial charge >= 0.3 is 0 Å². The zero-order valence-electron chi connectivity index (χ0n) is 9.16. The molecule has 1 heterocycles. The highest BCUT2D eigenvalue weighted by atomic mass is 15.4. The molecule has 0 amide bonds. The minimum atomic E-state index is 0.503. The molecule has 4 heteroatoms. The maximum Gasteiger partial charge on any atom is 0.0994 e. The third kappa shape index (κ3) is 2.54. The van der Waals surface area contributed by atoms with Crippen LogP contribution in [0.4, 0.5) is 0 Å². The van der Waals surface area contributed by atoms with Crippen molar-refractivity contribution in [2.24, 2.45) is 5.73 Å². The van der Waals surface area contributed by atoms with E-state index in [1.807, 2.05) is 4.68 Å². The van der Waals surface area contributed by atoms with E-state index < -0.39 is 0 Å². The minimum absolute atomic E-state index is 0.503. The minimum Gasteiger partial charge on any atom is -0.325 e. The summed E-state index contributed by atoms with van der Waals surface area (Å²) >= 11 is 0. The highest BCUT2D eigenvalue weighted by molar-refractivity contribution is 5.09. The van der Waals surface area contributed by atoms with Gasteiger partial charge in [0.1, 0.15) is 0 Å². The van der Waals surface area contributed by atoms with E-state index in [0.717, 1.165) is 25.1 Å². The van der Waals surface area contributed by atoms with Gasteiger partial charge in [-0.05, 0) is 19.3 Å². The summed E-state index contributed by atoms with van der Waals surface area (Å²) in [5, 5.41) is 8.21. The molecule has 0 aliphatic heterocycles. The average molecular weight is 196 g/mol. The number of hydrogen-bond donors (Lipinski definition) is 1. The quantitative estimate of drug-likeness (QED) is 0.750. The number of nitrogens with two attached hydrogens (primary N) is 1. The van der Waals surface area contributed by atoms with E-state index in [1.54, 1.807) is 0 Å². The van der Waals surface area contributed by atoms with Gasteiger partial charge in [-0.2, -0.15) is 0 Å². The lowest BCUT2D eigenvalue weighted by Gasteiger charge is -2.05. The molecule has 0 fully saturated rings. The van der Waals surface area contributed by atoms with E-state index in [4.69, 9.17) is 5.73 Å². The number of rotatable bonds is 6. The van der Waals surface area contributed by atoms with Crippen molar-refractivity contribution in [3.05, 3.63) is 11.4 Å². The summed E-state index contributed by atoms with van der Waals surface area (Å²) in [6.07, 6.45) is 4.52. The van der Waals surface area contributed by atoms with Gasteiger partial charge in [-0.15, -0.1) is 5.10 Å². The third-order valence-electron chi connectivity index (χ3n) is 2.31. The van der Waals surface area contributed by atoms with Gasteiger partial charge in [-0.1, -0.05) is 25.5 Å². The standard InChI is InChI=1S/C10H20N4/c1-3-5-6-10-9(8-11)12-13-14(10)7-4-2/h3-8,11H2,1-2H3. The van der Waals surface area contributed by atoms with E-state index in [-0.39, 0.29) is 0 Å². The first-order valence-electron chi connectivity index (χ1n) is 5.44. The Balaban J connectivity index is 2.76. The number of hydrogen-bond acceptors (Lipinski definition) is 3. The Labute approximate surface area is 85.5 Å². The van der Waals surface area contributed by atoms with Gasteiger partial charge in [0, 0.05) is 13.1 Å². The molecule has 0 aliphatic carbocycles. The molecule has 0 saturated heterocycles. The summed E-state index contributed by atoms with van der Waals surface area (Å²) < 4.78 is 2.00. The van der Waals surface area contributed by atoms with Crippen molar-refractivity contribution in [2.75, 3.05) is 0 Å². The van der Waals surface area contributed by atoms with Crippen LogP contribution < -0.4 is 5.73 Å². The Hall–Kier alpha value is -0.900. The van der Waals surface area contributed by atoms with Crippen molar-refractivity contribution in [3.8, 4) is 0 Å². The summed E-state index contributed by atoms with van der Waals surface area (Å²) in [6, 6.07) is 0. The second kappa shape index (κ2) is 5.75. The molecule has 1 aromatic heterocycles. The summed E-state index contributed by atoms with van der Waals surface area (Å²) in [5.74, 6) is 0. The fourth-order valence-corrected chi connectivity index (χ4v) is 1.54. The fourth-order valence-electron chi connectivity index (χ4n) is 1.54. The zero-order chi connectivity index (χ0) is 10.4. The van der Waals surface area contributed by atoms with Crippen molar-refractivity contribution in [3.63, 3.8) is 0 Å². The van der Waals surface area contributed by atoms with E-state index in [9.17, 15) is 0 Å². The lowest BCUT2D eigenvalue weighted by Crippen LogP contribution is -2.07. The summed E-state index contributed by atoms with van der Waals surface area (Å²) in [6.45, 7) is 5.79. The molecule has 0 aliphatic rings. The van der Waals surface area contributed by atoms with Crippen LogP contribution in [0.5, 0.6) is 0 Å². The molecule has 0 aromatic carbocycles. The summed E-state index contributed by atoms with van der Waals surface area (Å²) in [7, 11) is 0. The molecule has 0 radical (unpaired) electrons. The maximum atomic E-state index is 5.62. The predicted octanol–water partition coefficient (Wildman–Crippen LogP) is 1.49. The van der Waals surface area contributed by atoms with E-state index in [1.165, 1.54) is 18.5 Å². The highest BCUT2D eigenvalue weighted by Crippen LogP contribution is 2.09. The molecule has 1 aromatic rings. The molecular formula is C10H20N4. The Morgan fingerprint density at radius 3 is 2.64 bits per heavy atom. The average Bonchev–Trinajstić information content (AvgIpc) is 2.58. The fraction of sp³-hybridized carbons (Fsp3) is 0.800. The van der Waals surface area contributed by atoms with Crippen LogP contribution in [0.25, 0.3) is 0 Å². The van der Waals surface area contributed by atoms with Gasteiger partial charge in [0.05, 0.1) is 11.4 Å². The van der Waals surface area contributed by atoms with Crippen LogP contribution in [0, 0.1) is 0 Å². The molecule has 14 heavy (non-hydrogen) atoms. The monoisotopic (exact) mass is 196 g/mol. The molecular weight excluding hydrogens is 176 g/mol. The van der Waals surface area contributed by atoms with Crippen LogP contribution in [0.3, 0.4) is 0 Å². The van der Waals surface area contributed by atoms with Gasteiger partial charge in [0.15, 0.2) is 0 Å². The maximum absolute atomic E-state index is 5.62. The molecule has 0 bridgehead atoms. The predicted molar refractivity (Wildman–Crippen MR) is 56.8 cm³/mol. The number of aromatic nitrogens is 3. The topological polar surface area (TPSA) is 56.7 Å². The van der Waals surface area contributed by atoms with Crippen molar-refractivity contribution >= 4 is 0 Å². The largest absolute Gasteiger partial charge is 0.325 e. The Bertz CT molecular complexity index is 267. The Morgan fingerprint density at radius 1 is 1.29 bits per heavy atom. The van der Waals surface area contributed by atoms with Gasteiger partial charge in [0.25, 0.3) is 0 Å². The highest BCUT2D eigenvalue weighted by Gasteiger charge is 2.09. The van der Waals surface area contributed by atoms with Gasteiger partial charge < -0.3 is 5.73 Å². The molecule has 4 nitrogen and oxygen atoms in total. The Morgan fingerprint density at radius 2 is 2.07 bits per heavy atom. The van der Waals surface area contributed by atoms with E-state index in [0.29, 0.717) is 6.54 Å². The van der Waals surface area contributed by atoms with Crippen LogP contribution >= 0.6 is 0 Å². The van der Waals surface area contributed by atoms with E-state index in [2.05, 4.69) is 24.2 Å². The van der Waals surface area contributed by atoms with Crippen LogP contribution in [-0.4, -0.2) is 15.0 Å². The lowest BCUT2D eigenvalue weighted by atomic mass is 10.1. The van der Waals surface area contributed by atoms with Crippen molar-refractivity contribution in [1.82, 2.24) is 15.0 Å². The van der Waals surface area contributed by atoms with Crippen LogP contribution in [0.1, 0.15) is 44.5 Å².